The zero-order valence-electron chi connectivity index (χ0n) is 28.4. The lowest BCUT2D eigenvalue weighted by Gasteiger charge is -2.44. The molecule has 0 amide bonds. The molecular weight excluding hydrogens is 849 g/mol. The van der Waals surface area contributed by atoms with E-state index in [4.69, 9.17) is 0 Å². The second kappa shape index (κ2) is 16.3. The van der Waals surface area contributed by atoms with Crippen LogP contribution >= 0.6 is 0 Å². The molecule has 0 spiro atoms. The number of hydrogen-bond donors (Lipinski definition) is 1. The molecule has 22 heteroatoms. The number of benzene rings is 6. The van der Waals surface area contributed by atoms with Crippen molar-refractivity contribution < 1.29 is 93.1 Å². The molecule has 0 radical (unpaired) electrons. The van der Waals surface area contributed by atoms with Crippen LogP contribution in [0, 0.1) is 123 Å². The Labute approximate surface area is 316 Å². The molecule has 59 heavy (non-hydrogen) atoms. The summed E-state index contributed by atoms with van der Waals surface area (Å²) in [6.07, 6.45) is -7.22. The van der Waals surface area contributed by atoms with E-state index in [9.17, 15) is 52.7 Å². The van der Waals surface area contributed by atoms with E-state index in [-0.39, 0.29) is 0 Å². The van der Waals surface area contributed by atoms with Crippen LogP contribution in [0.3, 0.4) is 0 Å². The molecule has 1 nitrogen and oxygen atoms in total. The number of hydrogen-bond acceptors (Lipinski definition) is 0. The summed E-state index contributed by atoms with van der Waals surface area (Å²) in [7, 11) is 0. The smallest absolute Gasteiger partial charge is 0.200 e. The third kappa shape index (κ3) is 6.91. The normalized spacial score (nSPS) is 11.5. The molecule has 0 aliphatic rings. The molecule has 0 saturated carbocycles. The summed E-state index contributed by atoms with van der Waals surface area (Å²) in [4.78, 5) is 0. The van der Waals surface area contributed by atoms with E-state index < -0.39 is 144 Å². The van der Waals surface area contributed by atoms with E-state index in [1.54, 1.807) is 0 Å². The van der Waals surface area contributed by atoms with Gasteiger partial charge in [-0.2, -0.15) is 0 Å². The molecule has 6 rings (SSSR count). The van der Waals surface area contributed by atoms with Gasteiger partial charge in [0.2, 0.25) is 0 Å². The molecule has 0 aromatic heterocycles. The van der Waals surface area contributed by atoms with Crippen LogP contribution in [-0.4, -0.2) is 6.15 Å². The van der Waals surface area contributed by atoms with Crippen LogP contribution in [0.4, 0.5) is 99.2 Å². The Bertz CT molecular complexity index is 2270. The van der Waals surface area contributed by atoms with Gasteiger partial charge in [0.1, 0.15) is 64.1 Å². The van der Waals surface area contributed by atoms with Crippen LogP contribution in [0.2, 0.25) is 0 Å². The van der Waals surface area contributed by atoms with Crippen molar-refractivity contribution in [3.8, 4) is 0 Å². The van der Waals surface area contributed by atoms with Crippen LogP contribution in [0.25, 0.3) is 0 Å². The van der Waals surface area contributed by atoms with Gasteiger partial charge in [0.05, 0.1) is 0 Å². The number of para-hydroxylation sites is 2. The van der Waals surface area contributed by atoms with Gasteiger partial charge in [-0.05, 0) is 25.1 Å². The van der Waals surface area contributed by atoms with Gasteiger partial charge in [-0.3, -0.25) is 5.32 Å². The average molecular weight is 863 g/mol. The van der Waals surface area contributed by atoms with Crippen LogP contribution in [-0.2, 0) is 0 Å². The molecule has 6 aromatic carbocycles. The second-order valence-electron chi connectivity index (χ2n) is 12.2. The summed E-state index contributed by atoms with van der Waals surface area (Å²) in [5.74, 6) is -71.4. The Morgan fingerprint density at radius 3 is 0.763 bits per heavy atom. The molecule has 310 valence electrons. The van der Waals surface area contributed by atoms with Crippen LogP contribution in [0.1, 0.15) is 5.56 Å². The largest absolute Gasteiger partial charge is 0.281 e. The number of rotatable bonds is 6. The lowest BCUT2D eigenvalue weighted by atomic mass is 9.12. The fraction of sp³-hybridized carbons (Fsp3) is 0.0270. The number of quaternary nitrogens is 1. The molecule has 0 heterocycles. The fourth-order valence-corrected chi connectivity index (χ4v) is 6.35. The minimum atomic E-state index is -7.22. The molecule has 2 N–H and O–H groups in total. The van der Waals surface area contributed by atoms with Gasteiger partial charge >= 0.3 is 0 Å². The van der Waals surface area contributed by atoms with Crippen molar-refractivity contribution in [3.05, 3.63) is 177 Å². The Kier molecular flexibility index (Phi) is 12.2. The zero-order valence-corrected chi connectivity index (χ0v) is 28.4. The maximum atomic E-state index is 15.4. The van der Waals surface area contributed by atoms with E-state index in [2.05, 4.69) is 60.8 Å². The summed E-state index contributed by atoms with van der Waals surface area (Å²) < 4.78 is 294. The Hall–Kier alpha value is -6.06. The standard InChI is InChI=1S/C24BF20.C13H13N/c26-5-1(6(27)14(35)21(42)13(5)34)25(2-7(28)15(36)22(43)16(37)8(2)29,3-9(30)17(38)23(44)18(39)10(3)31)4-11(32)19(40)24(45)20(41)12(4)33;1-11-7-5-6-10-13(11)14-12-8-3-2-4-9-12/h;2-10,14H,1H3/q-1;/p+1. The predicted molar refractivity (Wildman–Crippen MR) is 168 cm³/mol. The highest BCUT2D eigenvalue weighted by Gasteiger charge is 2.52. The summed E-state index contributed by atoms with van der Waals surface area (Å²) in [6, 6.07) is 18.8. The van der Waals surface area contributed by atoms with Crippen molar-refractivity contribution in [1.29, 1.82) is 0 Å². The van der Waals surface area contributed by atoms with Crippen molar-refractivity contribution in [2.45, 2.75) is 6.92 Å². The average Bonchev–Trinajstić information content (AvgIpc) is 3.22. The minimum Gasteiger partial charge on any atom is -0.281 e. The second-order valence-corrected chi connectivity index (χ2v) is 12.2. The quantitative estimate of drug-likeness (QED) is 0.0571. The van der Waals surface area contributed by atoms with Crippen LogP contribution in [0.5, 0.6) is 0 Å². The maximum absolute atomic E-state index is 15.4. The van der Waals surface area contributed by atoms with Gasteiger partial charge in [0, 0.05) is 5.56 Å². The van der Waals surface area contributed by atoms with Gasteiger partial charge in [0.25, 0.3) is 0 Å². The highest BCUT2D eigenvalue weighted by molar-refractivity contribution is 7.20. The minimum absolute atomic E-state index is 1.25. The fourth-order valence-electron chi connectivity index (χ4n) is 6.35. The van der Waals surface area contributed by atoms with Gasteiger partial charge in [0.15, 0.2) is 69.8 Å². The lowest BCUT2D eigenvalue weighted by molar-refractivity contribution is -0.479. The van der Waals surface area contributed by atoms with Gasteiger partial charge in [-0.1, -0.05) is 36.4 Å². The van der Waals surface area contributed by atoms with Crippen molar-refractivity contribution in [3.63, 3.8) is 0 Å². The number of nitrogens with two attached hydrogens (primary N) is 1. The van der Waals surface area contributed by atoms with Crippen molar-refractivity contribution in [2.24, 2.45) is 0 Å². The molecule has 6 aromatic rings. The number of halogens is 20. The SMILES string of the molecule is Cc1ccccc1[NH2+]c1ccccc1.Fc1c(F)c(F)c([B-](c2c(F)c(F)c(F)c(F)c2F)(c2c(F)c(F)c(F)c(F)c2F)c2c(F)c(F)c(F)c(F)c2F)c(F)c1F. The Balaban J connectivity index is 0.000000395. The van der Waals surface area contributed by atoms with Crippen LogP contribution < -0.4 is 27.2 Å². The van der Waals surface area contributed by atoms with Crippen molar-refractivity contribution in [1.82, 2.24) is 0 Å². The third-order valence-corrected chi connectivity index (χ3v) is 9.02. The first-order valence-electron chi connectivity index (χ1n) is 15.7. The van der Waals surface area contributed by atoms with E-state index in [1.165, 1.54) is 16.9 Å². The van der Waals surface area contributed by atoms with E-state index in [0.717, 1.165) is 0 Å². The molecule has 0 aliphatic heterocycles. The highest BCUT2D eigenvalue weighted by Crippen LogP contribution is 2.30. The predicted octanol–water partition coefficient (Wildman–Crippen LogP) is 8.37. The van der Waals surface area contributed by atoms with Gasteiger partial charge < -0.3 is 0 Å². The molecular formula is C37H14BF20N. The van der Waals surface area contributed by atoms with Crippen molar-refractivity contribution >= 4 is 39.4 Å². The molecule has 0 unspecified atom stereocenters. The number of aryl methyl sites for hydroxylation is 1. The summed E-state index contributed by atoms with van der Waals surface area (Å²) in [5.41, 5.74) is -10.5. The summed E-state index contributed by atoms with van der Waals surface area (Å²) >= 11 is 0. The van der Waals surface area contributed by atoms with Crippen LogP contribution in [0.15, 0.2) is 54.6 Å². The Morgan fingerprint density at radius 1 is 0.288 bits per heavy atom. The first-order valence-corrected chi connectivity index (χ1v) is 15.7. The van der Waals surface area contributed by atoms with E-state index >= 15 is 35.1 Å². The highest BCUT2D eigenvalue weighted by atomic mass is 19.2. The van der Waals surface area contributed by atoms with E-state index in [0.29, 0.717) is 0 Å². The molecule has 0 bridgehead atoms. The molecule has 0 atom stereocenters. The Morgan fingerprint density at radius 2 is 0.508 bits per heavy atom. The lowest BCUT2D eigenvalue weighted by Crippen LogP contribution is -2.81. The van der Waals surface area contributed by atoms with Crippen molar-refractivity contribution in [2.75, 3.05) is 0 Å². The molecule has 0 saturated heterocycles. The molecule has 0 fully saturated rings. The summed E-state index contributed by atoms with van der Waals surface area (Å²) in [6.45, 7) is 2.13. The first kappa shape index (κ1) is 44.1. The van der Waals surface area contributed by atoms with E-state index in [1.807, 2.05) is 6.07 Å². The first-order chi connectivity index (χ1) is 27.6. The maximum Gasteiger partial charge on any atom is 0.200 e. The topological polar surface area (TPSA) is 16.6 Å². The van der Waals surface area contributed by atoms with Gasteiger partial charge in [-0.15, -0.1) is 21.9 Å². The summed E-state index contributed by atoms with van der Waals surface area (Å²) in [5, 5.41) is 2.20. The zero-order chi connectivity index (χ0) is 44.2. The molecule has 0 aliphatic carbocycles. The third-order valence-electron chi connectivity index (χ3n) is 9.02. The van der Waals surface area contributed by atoms with Gasteiger partial charge in [-0.25, -0.2) is 87.8 Å². The monoisotopic (exact) mass is 863 g/mol.